The molecule has 14 heavy (non-hydrogen) atoms. The summed E-state index contributed by atoms with van der Waals surface area (Å²) < 4.78 is 25.5. The lowest BCUT2D eigenvalue weighted by molar-refractivity contribution is 0.587. The van der Waals surface area contributed by atoms with Crippen LogP contribution < -0.4 is 4.72 Å². The molecule has 0 atom stereocenters. The second kappa shape index (κ2) is 4.91. The number of benzene rings is 1. The van der Waals surface area contributed by atoms with Gasteiger partial charge < -0.3 is 0 Å². The lowest BCUT2D eigenvalue weighted by Crippen LogP contribution is -2.23. The Labute approximate surface area is 92.7 Å². The predicted octanol–water partition coefficient (Wildman–Crippen LogP) is 1.54. The quantitative estimate of drug-likeness (QED) is 0.908. The first-order valence-corrected chi connectivity index (χ1v) is 6.64. The SMILES string of the molecule is CNS(=O)(=O)CCc1cccc(Br)c1. The molecular formula is C9H12BrNO2S. The Kier molecular flexibility index (Phi) is 4.10. The molecule has 0 unspecified atom stereocenters. The first-order valence-electron chi connectivity index (χ1n) is 4.19. The van der Waals surface area contributed by atoms with Crippen LogP contribution in [0.15, 0.2) is 28.7 Å². The summed E-state index contributed by atoms with van der Waals surface area (Å²) in [4.78, 5) is 0. The van der Waals surface area contributed by atoms with E-state index in [2.05, 4.69) is 20.7 Å². The molecule has 3 nitrogen and oxygen atoms in total. The van der Waals surface area contributed by atoms with Gasteiger partial charge in [0.2, 0.25) is 10.0 Å². The van der Waals surface area contributed by atoms with Crippen molar-refractivity contribution in [2.24, 2.45) is 0 Å². The molecule has 1 aromatic carbocycles. The number of halogens is 1. The van der Waals surface area contributed by atoms with E-state index in [1.165, 1.54) is 7.05 Å². The summed E-state index contributed by atoms with van der Waals surface area (Å²) in [6.45, 7) is 0. The van der Waals surface area contributed by atoms with Crippen LogP contribution >= 0.6 is 15.9 Å². The van der Waals surface area contributed by atoms with Crippen molar-refractivity contribution in [2.45, 2.75) is 6.42 Å². The lowest BCUT2D eigenvalue weighted by Gasteiger charge is -2.02. The fraction of sp³-hybridized carbons (Fsp3) is 0.333. The van der Waals surface area contributed by atoms with Crippen molar-refractivity contribution in [3.63, 3.8) is 0 Å². The Morgan fingerprint density at radius 1 is 1.43 bits per heavy atom. The monoisotopic (exact) mass is 277 g/mol. The van der Waals surface area contributed by atoms with E-state index in [1.807, 2.05) is 24.3 Å². The van der Waals surface area contributed by atoms with Crippen LogP contribution in [0.1, 0.15) is 5.56 Å². The third-order valence-electron chi connectivity index (χ3n) is 1.86. The van der Waals surface area contributed by atoms with E-state index in [4.69, 9.17) is 0 Å². The molecule has 0 saturated carbocycles. The average Bonchev–Trinajstić information content (AvgIpc) is 2.15. The minimum Gasteiger partial charge on any atom is -0.218 e. The van der Waals surface area contributed by atoms with Crippen LogP contribution in [0.3, 0.4) is 0 Å². The van der Waals surface area contributed by atoms with Gasteiger partial charge in [0.25, 0.3) is 0 Å². The highest BCUT2D eigenvalue weighted by Gasteiger charge is 2.06. The van der Waals surface area contributed by atoms with E-state index in [1.54, 1.807) is 0 Å². The summed E-state index contributed by atoms with van der Waals surface area (Å²) in [5, 5.41) is 0. The minimum absolute atomic E-state index is 0.125. The molecule has 5 heteroatoms. The number of aryl methyl sites for hydroxylation is 1. The number of rotatable bonds is 4. The van der Waals surface area contributed by atoms with Crippen LogP contribution in [0.2, 0.25) is 0 Å². The van der Waals surface area contributed by atoms with Crippen molar-refractivity contribution in [3.8, 4) is 0 Å². The molecule has 78 valence electrons. The molecule has 0 aliphatic heterocycles. The molecule has 0 saturated heterocycles. The maximum atomic E-state index is 11.1. The molecule has 0 aromatic heterocycles. The van der Waals surface area contributed by atoms with Crippen molar-refractivity contribution >= 4 is 26.0 Å². The molecule has 0 heterocycles. The van der Waals surface area contributed by atoms with Gasteiger partial charge in [-0.05, 0) is 31.2 Å². The Hall–Kier alpha value is -0.390. The van der Waals surface area contributed by atoms with Crippen molar-refractivity contribution in [3.05, 3.63) is 34.3 Å². The summed E-state index contributed by atoms with van der Waals surface area (Å²) >= 11 is 3.33. The third kappa shape index (κ3) is 3.77. The molecule has 0 amide bonds. The predicted molar refractivity (Wildman–Crippen MR) is 60.7 cm³/mol. The Balaban J connectivity index is 2.63. The second-order valence-corrected chi connectivity index (χ2v) is 5.86. The van der Waals surface area contributed by atoms with Crippen LogP contribution in [0.4, 0.5) is 0 Å². The molecule has 0 aliphatic rings. The molecule has 0 aliphatic carbocycles. The standard InChI is InChI=1S/C9H12BrNO2S/c1-11-14(12,13)6-5-8-3-2-4-9(10)7-8/h2-4,7,11H,5-6H2,1H3. The molecule has 1 aromatic rings. The number of nitrogens with one attached hydrogen (secondary N) is 1. The van der Waals surface area contributed by atoms with Gasteiger partial charge >= 0.3 is 0 Å². The summed E-state index contributed by atoms with van der Waals surface area (Å²) in [5.41, 5.74) is 1.01. The van der Waals surface area contributed by atoms with Crippen molar-refractivity contribution in [1.82, 2.24) is 4.72 Å². The van der Waals surface area contributed by atoms with Gasteiger partial charge in [-0.25, -0.2) is 13.1 Å². The largest absolute Gasteiger partial charge is 0.218 e. The first-order chi connectivity index (χ1) is 6.53. The highest BCUT2D eigenvalue weighted by atomic mass is 79.9. The summed E-state index contributed by atoms with van der Waals surface area (Å²) in [6, 6.07) is 7.64. The zero-order valence-electron chi connectivity index (χ0n) is 7.83. The van der Waals surface area contributed by atoms with Gasteiger partial charge in [-0.1, -0.05) is 28.1 Å². The zero-order chi connectivity index (χ0) is 10.6. The van der Waals surface area contributed by atoms with Gasteiger partial charge in [0.05, 0.1) is 5.75 Å². The highest BCUT2D eigenvalue weighted by molar-refractivity contribution is 9.10. The van der Waals surface area contributed by atoms with Crippen molar-refractivity contribution in [1.29, 1.82) is 0 Å². The van der Waals surface area contributed by atoms with Gasteiger partial charge in [0.1, 0.15) is 0 Å². The Bertz CT molecular complexity index is 403. The van der Waals surface area contributed by atoms with Gasteiger partial charge in [-0.15, -0.1) is 0 Å². The van der Waals surface area contributed by atoms with E-state index in [9.17, 15) is 8.42 Å². The van der Waals surface area contributed by atoms with Crippen LogP contribution in [0.25, 0.3) is 0 Å². The van der Waals surface area contributed by atoms with Crippen molar-refractivity contribution < 1.29 is 8.42 Å². The van der Waals surface area contributed by atoms with Gasteiger partial charge in [0.15, 0.2) is 0 Å². The summed E-state index contributed by atoms with van der Waals surface area (Å²) in [7, 11) is -1.67. The highest BCUT2D eigenvalue weighted by Crippen LogP contribution is 2.12. The Morgan fingerprint density at radius 2 is 2.14 bits per heavy atom. The topological polar surface area (TPSA) is 46.2 Å². The normalized spacial score (nSPS) is 11.6. The number of sulfonamides is 1. The molecule has 0 radical (unpaired) electrons. The molecule has 0 fully saturated rings. The van der Waals surface area contributed by atoms with Crippen LogP contribution in [-0.4, -0.2) is 21.2 Å². The fourth-order valence-electron chi connectivity index (χ4n) is 1.05. The molecule has 0 spiro atoms. The van der Waals surface area contributed by atoms with Gasteiger partial charge in [0, 0.05) is 4.47 Å². The average molecular weight is 278 g/mol. The summed E-state index contributed by atoms with van der Waals surface area (Å²) in [5.74, 6) is 0.125. The maximum absolute atomic E-state index is 11.1. The van der Waals surface area contributed by atoms with E-state index in [0.717, 1.165) is 10.0 Å². The molecule has 0 bridgehead atoms. The van der Waals surface area contributed by atoms with E-state index >= 15 is 0 Å². The second-order valence-electron chi connectivity index (χ2n) is 2.90. The van der Waals surface area contributed by atoms with E-state index < -0.39 is 10.0 Å². The van der Waals surface area contributed by atoms with Crippen molar-refractivity contribution in [2.75, 3.05) is 12.8 Å². The van der Waals surface area contributed by atoms with Gasteiger partial charge in [-0.2, -0.15) is 0 Å². The number of hydrogen-bond acceptors (Lipinski definition) is 2. The number of hydrogen-bond donors (Lipinski definition) is 1. The Morgan fingerprint density at radius 3 is 2.71 bits per heavy atom. The minimum atomic E-state index is -3.10. The van der Waals surface area contributed by atoms with Crippen LogP contribution in [-0.2, 0) is 16.4 Å². The lowest BCUT2D eigenvalue weighted by atomic mass is 10.2. The van der Waals surface area contributed by atoms with E-state index in [-0.39, 0.29) is 5.75 Å². The smallest absolute Gasteiger partial charge is 0.211 e. The van der Waals surface area contributed by atoms with Crippen LogP contribution in [0.5, 0.6) is 0 Å². The first kappa shape index (κ1) is 11.7. The van der Waals surface area contributed by atoms with E-state index in [0.29, 0.717) is 6.42 Å². The molecular weight excluding hydrogens is 266 g/mol. The molecule has 1 rings (SSSR count). The van der Waals surface area contributed by atoms with Crippen LogP contribution in [0, 0.1) is 0 Å². The zero-order valence-corrected chi connectivity index (χ0v) is 10.2. The van der Waals surface area contributed by atoms with Gasteiger partial charge in [-0.3, -0.25) is 0 Å². The summed E-state index contributed by atoms with van der Waals surface area (Å²) in [6.07, 6.45) is 0.530. The third-order valence-corrected chi connectivity index (χ3v) is 3.72. The molecule has 1 N–H and O–H groups in total. The fourth-order valence-corrected chi connectivity index (χ4v) is 2.20. The maximum Gasteiger partial charge on any atom is 0.211 e.